The lowest BCUT2D eigenvalue weighted by molar-refractivity contribution is -0.142. The number of carbonyl (C=O) groups is 1. The Bertz CT molecular complexity index is 408. The molecule has 2 nitrogen and oxygen atoms in total. The molecule has 100 valence electrons. The summed E-state index contributed by atoms with van der Waals surface area (Å²) in [4.78, 5) is 11.7. The summed E-state index contributed by atoms with van der Waals surface area (Å²) in [5.41, 5.74) is 0.953. The van der Waals surface area contributed by atoms with Gasteiger partial charge in [-0.3, -0.25) is 4.79 Å². The molecule has 0 radical (unpaired) electrons. The van der Waals surface area contributed by atoms with Crippen molar-refractivity contribution in [3.8, 4) is 5.75 Å². The normalized spacial score (nSPS) is 12.3. The Labute approximate surface area is 110 Å². The van der Waals surface area contributed by atoms with Gasteiger partial charge in [-0.2, -0.15) is 0 Å². The molecule has 0 aliphatic carbocycles. The second-order valence-corrected chi connectivity index (χ2v) is 6.40. The molecule has 0 saturated carbocycles. The average Bonchev–Trinajstić information content (AvgIpc) is 2.28. The highest BCUT2D eigenvalue weighted by Gasteiger charge is 2.24. The van der Waals surface area contributed by atoms with Crippen molar-refractivity contribution in [3.05, 3.63) is 29.8 Å². The van der Waals surface area contributed by atoms with E-state index in [1.807, 2.05) is 45.0 Å². The van der Waals surface area contributed by atoms with Crippen LogP contribution in [0.15, 0.2) is 24.3 Å². The van der Waals surface area contributed by atoms with Crippen LogP contribution in [0.1, 0.15) is 53.5 Å². The van der Waals surface area contributed by atoms with Gasteiger partial charge in [-0.15, -0.1) is 0 Å². The molecule has 2 heteroatoms. The molecule has 1 rings (SSSR count). The third kappa shape index (κ3) is 3.59. The van der Waals surface area contributed by atoms with Crippen LogP contribution in [-0.2, 0) is 10.2 Å². The van der Waals surface area contributed by atoms with E-state index in [2.05, 4.69) is 20.8 Å². The molecule has 0 amide bonds. The van der Waals surface area contributed by atoms with E-state index in [9.17, 15) is 4.79 Å². The fourth-order valence-corrected chi connectivity index (χ4v) is 1.44. The minimum Gasteiger partial charge on any atom is -0.426 e. The van der Waals surface area contributed by atoms with Gasteiger partial charge in [0.25, 0.3) is 0 Å². The molecule has 1 aromatic rings. The molecule has 18 heavy (non-hydrogen) atoms. The Morgan fingerprint density at radius 2 is 1.56 bits per heavy atom. The maximum absolute atomic E-state index is 11.7. The first kappa shape index (κ1) is 14.7. The molecule has 0 N–H and O–H groups in total. The monoisotopic (exact) mass is 248 g/mol. The van der Waals surface area contributed by atoms with Crippen LogP contribution in [0.4, 0.5) is 0 Å². The molecule has 0 unspecified atom stereocenters. The van der Waals surface area contributed by atoms with E-state index in [1.54, 1.807) is 0 Å². The maximum Gasteiger partial charge on any atom is 0.316 e. The van der Waals surface area contributed by atoms with Crippen molar-refractivity contribution in [1.29, 1.82) is 0 Å². The van der Waals surface area contributed by atoms with Gasteiger partial charge in [0, 0.05) is 0 Å². The second-order valence-electron chi connectivity index (χ2n) is 6.40. The predicted octanol–water partition coefficient (Wildman–Crippen LogP) is 4.33. The van der Waals surface area contributed by atoms with Gasteiger partial charge in [0.05, 0.1) is 5.41 Å². The number of carbonyl (C=O) groups excluding carboxylic acids is 1. The molecular weight excluding hydrogens is 224 g/mol. The summed E-state index contributed by atoms with van der Waals surface area (Å²) >= 11 is 0. The lowest BCUT2D eigenvalue weighted by Crippen LogP contribution is -2.25. The zero-order valence-corrected chi connectivity index (χ0v) is 12.3. The molecule has 0 saturated heterocycles. The van der Waals surface area contributed by atoms with Crippen LogP contribution in [0.2, 0.25) is 0 Å². The zero-order chi connectivity index (χ0) is 14.0. The van der Waals surface area contributed by atoms with Gasteiger partial charge in [-0.05, 0) is 50.3 Å². The maximum atomic E-state index is 11.7. The molecule has 0 fully saturated rings. The summed E-state index contributed by atoms with van der Waals surface area (Å²) in [6.07, 6.45) is 1.08. The molecule has 0 aliphatic rings. The van der Waals surface area contributed by atoms with Gasteiger partial charge in [0.15, 0.2) is 0 Å². The summed E-state index contributed by atoms with van der Waals surface area (Å²) in [6, 6.07) is 7.82. The van der Waals surface area contributed by atoms with E-state index in [4.69, 9.17) is 4.74 Å². The lowest BCUT2D eigenvalue weighted by atomic mass is 9.82. The molecule has 0 aromatic heterocycles. The number of hydrogen-bond donors (Lipinski definition) is 0. The largest absolute Gasteiger partial charge is 0.426 e. The molecule has 0 bridgehead atoms. The Hall–Kier alpha value is -1.31. The average molecular weight is 248 g/mol. The molecule has 0 atom stereocenters. The zero-order valence-electron chi connectivity index (χ0n) is 12.3. The first-order chi connectivity index (χ1) is 8.16. The third-order valence-electron chi connectivity index (χ3n) is 3.34. The molecule has 0 heterocycles. The Kier molecular flexibility index (Phi) is 4.20. The number of rotatable bonds is 3. The van der Waals surface area contributed by atoms with Crippen molar-refractivity contribution in [2.75, 3.05) is 0 Å². The predicted molar refractivity (Wildman–Crippen MR) is 74.8 cm³/mol. The van der Waals surface area contributed by atoms with E-state index in [0.29, 0.717) is 5.75 Å². The lowest BCUT2D eigenvalue weighted by Gasteiger charge is -2.23. The van der Waals surface area contributed by atoms with E-state index in [-0.39, 0.29) is 11.4 Å². The van der Waals surface area contributed by atoms with Crippen molar-refractivity contribution in [2.24, 2.45) is 5.41 Å². The number of ether oxygens (including phenoxy) is 1. The highest BCUT2D eigenvalue weighted by atomic mass is 16.5. The minimum atomic E-state index is -0.471. The fraction of sp³-hybridized carbons (Fsp3) is 0.562. The van der Waals surface area contributed by atoms with Gasteiger partial charge in [-0.25, -0.2) is 0 Å². The van der Waals surface area contributed by atoms with Gasteiger partial charge in [0.2, 0.25) is 0 Å². The second kappa shape index (κ2) is 5.13. The summed E-state index contributed by atoms with van der Waals surface area (Å²) in [5.74, 6) is 0.413. The summed E-state index contributed by atoms with van der Waals surface area (Å²) in [6.45, 7) is 12.2. The standard InChI is InChI=1S/C16H24O2/c1-7-16(5,6)12-8-10-13(11-9-12)18-14(17)15(2,3)4/h8-11H,7H2,1-6H3. The van der Waals surface area contributed by atoms with Crippen molar-refractivity contribution < 1.29 is 9.53 Å². The van der Waals surface area contributed by atoms with Gasteiger partial charge in [0.1, 0.15) is 5.75 Å². The molecule has 1 aromatic carbocycles. The van der Waals surface area contributed by atoms with Crippen LogP contribution >= 0.6 is 0 Å². The quantitative estimate of drug-likeness (QED) is 0.588. The number of benzene rings is 1. The fourth-order valence-electron chi connectivity index (χ4n) is 1.44. The van der Waals surface area contributed by atoms with Crippen LogP contribution in [0.5, 0.6) is 5.75 Å². The van der Waals surface area contributed by atoms with Crippen LogP contribution in [0.3, 0.4) is 0 Å². The number of esters is 1. The van der Waals surface area contributed by atoms with Crippen molar-refractivity contribution >= 4 is 5.97 Å². The summed E-state index contributed by atoms with van der Waals surface area (Å²) < 4.78 is 5.34. The highest BCUT2D eigenvalue weighted by Crippen LogP contribution is 2.28. The number of hydrogen-bond acceptors (Lipinski definition) is 2. The minimum absolute atomic E-state index is 0.159. The van der Waals surface area contributed by atoms with Crippen LogP contribution < -0.4 is 4.74 Å². The molecule has 0 spiro atoms. The van der Waals surface area contributed by atoms with Crippen LogP contribution in [0, 0.1) is 5.41 Å². The summed E-state index contributed by atoms with van der Waals surface area (Å²) in [7, 11) is 0. The van der Waals surface area contributed by atoms with Crippen molar-refractivity contribution in [3.63, 3.8) is 0 Å². The topological polar surface area (TPSA) is 26.3 Å². The molecular formula is C16H24O2. The van der Waals surface area contributed by atoms with Crippen LogP contribution in [0.25, 0.3) is 0 Å². The Morgan fingerprint density at radius 3 is 1.94 bits per heavy atom. The molecule has 0 aliphatic heterocycles. The first-order valence-electron chi connectivity index (χ1n) is 6.49. The Morgan fingerprint density at radius 1 is 1.06 bits per heavy atom. The van der Waals surface area contributed by atoms with Gasteiger partial charge < -0.3 is 4.74 Å². The van der Waals surface area contributed by atoms with E-state index >= 15 is 0 Å². The van der Waals surface area contributed by atoms with Gasteiger partial charge >= 0.3 is 5.97 Å². The van der Waals surface area contributed by atoms with Crippen molar-refractivity contribution in [2.45, 2.75) is 53.4 Å². The van der Waals surface area contributed by atoms with Crippen molar-refractivity contribution in [1.82, 2.24) is 0 Å². The summed E-state index contributed by atoms with van der Waals surface area (Å²) in [5, 5.41) is 0. The SMILES string of the molecule is CCC(C)(C)c1ccc(OC(=O)C(C)(C)C)cc1. The first-order valence-corrected chi connectivity index (χ1v) is 6.49. The van der Waals surface area contributed by atoms with E-state index in [0.717, 1.165) is 6.42 Å². The van der Waals surface area contributed by atoms with E-state index in [1.165, 1.54) is 5.56 Å². The smallest absolute Gasteiger partial charge is 0.316 e. The Balaban J connectivity index is 2.82. The van der Waals surface area contributed by atoms with Crippen LogP contribution in [-0.4, -0.2) is 5.97 Å². The highest BCUT2D eigenvalue weighted by molar-refractivity contribution is 5.77. The van der Waals surface area contributed by atoms with Gasteiger partial charge in [-0.1, -0.05) is 32.9 Å². The van der Waals surface area contributed by atoms with E-state index < -0.39 is 5.41 Å². The third-order valence-corrected chi connectivity index (χ3v) is 3.34.